The summed E-state index contributed by atoms with van der Waals surface area (Å²) in [4.78, 5) is 2.72. The van der Waals surface area contributed by atoms with Crippen molar-refractivity contribution in [2.45, 2.75) is 77.0 Å². The van der Waals surface area contributed by atoms with Crippen LogP contribution in [0.1, 0.15) is 59.3 Å². The van der Waals surface area contributed by atoms with Crippen LogP contribution in [0.5, 0.6) is 0 Å². The molecule has 0 saturated carbocycles. The number of ether oxygens (including phenoxy) is 1. The average Bonchev–Trinajstić information content (AvgIpc) is 2.39. The first-order valence-electron chi connectivity index (χ1n) is 8.19. The van der Waals surface area contributed by atoms with Crippen LogP contribution in [0, 0.1) is 5.92 Å². The largest absolute Gasteiger partial charge is 0.378 e. The molecule has 19 heavy (non-hydrogen) atoms. The Balaban J connectivity index is 2.08. The summed E-state index contributed by atoms with van der Waals surface area (Å²) in [5.74, 6) is 0.868. The van der Waals surface area contributed by atoms with E-state index < -0.39 is 0 Å². The Morgan fingerprint density at radius 1 is 1.37 bits per heavy atom. The summed E-state index contributed by atoms with van der Waals surface area (Å²) in [6, 6.07) is 0.674. The molecule has 2 aliphatic rings. The van der Waals surface area contributed by atoms with Crippen LogP contribution in [0.4, 0.5) is 0 Å². The van der Waals surface area contributed by atoms with Gasteiger partial charge in [-0.2, -0.15) is 0 Å². The molecule has 0 spiro atoms. The van der Waals surface area contributed by atoms with Crippen molar-refractivity contribution in [3.05, 3.63) is 0 Å². The Labute approximate surface area is 118 Å². The maximum Gasteiger partial charge on any atom is 0.0593 e. The molecule has 0 aromatic carbocycles. The van der Waals surface area contributed by atoms with Crippen molar-refractivity contribution in [1.82, 2.24) is 4.90 Å². The molecule has 2 N–H and O–H groups in total. The fourth-order valence-corrected chi connectivity index (χ4v) is 4.18. The SMILES string of the molecule is CCCC1CC(CN)(N2CCC(C)CC2C)CCO1. The van der Waals surface area contributed by atoms with Gasteiger partial charge in [-0.3, -0.25) is 4.90 Å². The highest BCUT2D eigenvalue weighted by Gasteiger charge is 2.43. The molecule has 2 aliphatic heterocycles. The first-order chi connectivity index (χ1) is 9.11. The highest BCUT2D eigenvalue weighted by molar-refractivity contribution is 4.99. The predicted octanol–water partition coefficient (Wildman–Crippen LogP) is 2.78. The lowest BCUT2D eigenvalue weighted by atomic mass is 9.79. The molecule has 0 aromatic heterocycles. The smallest absolute Gasteiger partial charge is 0.0593 e. The van der Waals surface area contributed by atoms with Gasteiger partial charge in [-0.25, -0.2) is 0 Å². The maximum absolute atomic E-state index is 6.23. The second-order valence-corrected chi connectivity index (χ2v) is 6.84. The first kappa shape index (κ1) is 15.3. The molecule has 0 radical (unpaired) electrons. The highest BCUT2D eigenvalue weighted by atomic mass is 16.5. The fourth-order valence-electron chi connectivity index (χ4n) is 4.18. The van der Waals surface area contributed by atoms with E-state index in [0.29, 0.717) is 12.1 Å². The van der Waals surface area contributed by atoms with Crippen molar-refractivity contribution < 1.29 is 4.74 Å². The third kappa shape index (κ3) is 3.32. The zero-order valence-corrected chi connectivity index (χ0v) is 13.0. The third-order valence-electron chi connectivity index (χ3n) is 5.27. The fraction of sp³-hybridized carbons (Fsp3) is 1.00. The molecule has 2 saturated heterocycles. The van der Waals surface area contributed by atoms with Crippen molar-refractivity contribution in [3.63, 3.8) is 0 Å². The van der Waals surface area contributed by atoms with E-state index in [-0.39, 0.29) is 5.54 Å². The van der Waals surface area contributed by atoms with Gasteiger partial charge < -0.3 is 10.5 Å². The van der Waals surface area contributed by atoms with Crippen LogP contribution in [0.2, 0.25) is 0 Å². The molecule has 112 valence electrons. The quantitative estimate of drug-likeness (QED) is 0.852. The van der Waals surface area contributed by atoms with Gasteiger partial charge in [0, 0.05) is 24.7 Å². The molecule has 4 atom stereocenters. The second kappa shape index (κ2) is 6.55. The summed E-state index contributed by atoms with van der Waals surface area (Å²) >= 11 is 0. The third-order valence-corrected chi connectivity index (χ3v) is 5.27. The van der Waals surface area contributed by atoms with Gasteiger partial charge in [-0.15, -0.1) is 0 Å². The normalized spacial score (nSPS) is 41.4. The molecule has 2 heterocycles. The molecule has 0 bridgehead atoms. The van der Waals surface area contributed by atoms with Crippen molar-refractivity contribution in [2.24, 2.45) is 11.7 Å². The van der Waals surface area contributed by atoms with E-state index in [0.717, 1.165) is 31.9 Å². The standard InChI is InChI=1S/C16H32N2O/c1-4-5-15-11-16(12-17,7-9-19-15)18-8-6-13(2)10-14(18)3/h13-15H,4-12,17H2,1-3H3. The molecule has 4 unspecified atom stereocenters. The summed E-state index contributed by atoms with van der Waals surface area (Å²) in [7, 11) is 0. The lowest BCUT2D eigenvalue weighted by Crippen LogP contribution is -2.62. The number of hydrogen-bond acceptors (Lipinski definition) is 3. The van der Waals surface area contributed by atoms with Crippen LogP contribution >= 0.6 is 0 Å². The number of rotatable bonds is 4. The minimum atomic E-state index is 0.206. The molecule has 2 fully saturated rings. The van der Waals surface area contributed by atoms with Gasteiger partial charge in [0.25, 0.3) is 0 Å². The van der Waals surface area contributed by atoms with Crippen molar-refractivity contribution in [3.8, 4) is 0 Å². The number of likely N-dealkylation sites (tertiary alicyclic amines) is 1. The topological polar surface area (TPSA) is 38.5 Å². The Hall–Kier alpha value is -0.120. The lowest BCUT2D eigenvalue weighted by Gasteiger charge is -2.53. The van der Waals surface area contributed by atoms with E-state index in [1.165, 1.54) is 32.2 Å². The molecular weight excluding hydrogens is 236 g/mol. The van der Waals surface area contributed by atoms with Gasteiger partial charge in [0.1, 0.15) is 0 Å². The van der Waals surface area contributed by atoms with Crippen molar-refractivity contribution in [1.29, 1.82) is 0 Å². The summed E-state index contributed by atoms with van der Waals surface area (Å²) < 4.78 is 5.94. The zero-order valence-electron chi connectivity index (χ0n) is 13.0. The van der Waals surface area contributed by atoms with Gasteiger partial charge in [0.2, 0.25) is 0 Å². The summed E-state index contributed by atoms with van der Waals surface area (Å²) in [5, 5.41) is 0. The Morgan fingerprint density at radius 3 is 2.79 bits per heavy atom. The van der Waals surface area contributed by atoms with Gasteiger partial charge in [0.05, 0.1) is 6.10 Å². The average molecular weight is 268 g/mol. The Morgan fingerprint density at radius 2 is 2.16 bits per heavy atom. The van der Waals surface area contributed by atoms with Gasteiger partial charge in [-0.1, -0.05) is 20.3 Å². The summed E-state index contributed by atoms with van der Waals surface area (Å²) in [6.07, 6.45) is 7.71. The van der Waals surface area contributed by atoms with E-state index in [1.54, 1.807) is 0 Å². The van der Waals surface area contributed by atoms with Crippen LogP contribution in [0.25, 0.3) is 0 Å². The molecule has 0 amide bonds. The second-order valence-electron chi connectivity index (χ2n) is 6.84. The summed E-state index contributed by atoms with van der Waals surface area (Å²) in [5.41, 5.74) is 6.43. The highest BCUT2D eigenvalue weighted by Crippen LogP contribution is 2.37. The minimum absolute atomic E-state index is 0.206. The lowest BCUT2D eigenvalue weighted by molar-refractivity contribution is -0.0947. The predicted molar refractivity (Wildman–Crippen MR) is 80.2 cm³/mol. The molecule has 3 heteroatoms. The zero-order chi connectivity index (χ0) is 13.9. The Bertz CT molecular complexity index is 282. The van der Waals surface area contributed by atoms with E-state index >= 15 is 0 Å². The van der Waals surface area contributed by atoms with Crippen LogP contribution in [-0.4, -0.2) is 42.3 Å². The number of nitrogens with zero attached hydrogens (tertiary/aromatic N) is 1. The van der Waals surface area contributed by atoms with Crippen LogP contribution < -0.4 is 5.73 Å². The van der Waals surface area contributed by atoms with E-state index in [9.17, 15) is 0 Å². The summed E-state index contributed by atoms with van der Waals surface area (Å²) in [6.45, 7) is 9.91. The molecule has 0 aliphatic carbocycles. The molecule has 2 rings (SSSR count). The first-order valence-corrected chi connectivity index (χ1v) is 8.19. The monoisotopic (exact) mass is 268 g/mol. The van der Waals surface area contributed by atoms with Crippen LogP contribution in [0.15, 0.2) is 0 Å². The number of piperidine rings is 1. The van der Waals surface area contributed by atoms with Gasteiger partial charge >= 0.3 is 0 Å². The van der Waals surface area contributed by atoms with Crippen LogP contribution in [-0.2, 0) is 4.74 Å². The number of hydrogen-bond donors (Lipinski definition) is 1. The molecule has 3 nitrogen and oxygen atoms in total. The maximum atomic E-state index is 6.23. The van der Waals surface area contributed by atoms with Gasteiger partial charge in [0.15, 0.2) is 0 Å². The van der Waals surface area contributed by atoms with Crippen molar-refractivity contribution >= 4 is 0 Å². The number of nitrogens with two attached hydrogens (primary N) is 1. The van der Waals surface area contributed by atoms with E-state index in [4.69, 9.17) is 10.5 Å². The van der Waals surface area contributed by atoms with Gasteiger partial charge in [-0.05, 0) is 51.5 Å². The Kier molecular flexibility index (Phi) is 5.27. The van der Waals surface area contributed by atoms with E-state index in [1.807, 2.05) is 0 Å². The molecule has 0 aromatic rings. The van der Waals surface area contributed by atoms with E-state index in [2.05, 4.69) is 25.7 Å². The van der Waals surface area contributed by atoms with Crippen molar-refractivity contribution in [2.75, 3.05) is 19.7 Å². The van der Waals surface area contributed by atoms with Crippen LogP contribution in [0.3, 0.4) is 0 Å². The minimum Gasteiger partial charge on any atom is -0.378 e. The molecular formula is C16H32N2O.